The number of hydrogen-bond donors (Lipinski definition) is 3. The summed E-state index contributed by atoms with van der Waals surface area (Å²) in [6.07, 6.45) is 3.31. The van der Waals surface area contributed by atoms with Crippen LogP contribution in [0.3, 0.4) is 0 Å². The van der Waals surface area contributed by atoms with Gasteiger partial charge in [0.25, 0.3) is 0 Å². The molecule has 0 bridgehead atoms. The minimum atomic E-state index is -0.404. The summed E-state index contributed by atoms with van der Waals surface area (Å²) in [5.74, 6) is 1.74. The zero-order valence-electron chi connectivity index (χ0n) is 21.3. The van der Waals surface area contributed by atoms with Crippen LogP contribution in [0.5, 0.6) is 11.5 Å². The molecule has 4 rings (SSSR count). The fourth-order valence-electron chi connectivity index (χ4n) is 3.49. The summed E-state index contributed by atoms with van der Waals surface area (Å²) in [5.41, 5.74) is 2.90. The molecular weight excluding hydrogens is 468 g/mol. The van der Waals surface area contributed by atoms with Gasteiger partial charge in [0.15, 0.2) is 0 Å². The molecule has 0 unspecified atom stereocenters. The maximum atomic E-state index is 12.9. The molecule has 9 heteroatoms. The Morgan fingerprint density at radius 1 is 0.919 bits per heavy atom. The fourth-order valence-corrected chi connectivity index (χ4v) is 3.49. The second kappa shape index (κ2) is 10.9. The number of nitrogens with one attached hydrogen (secondary N) is 3. The number of carbonyl (C=O) groups is 2. The first-order chi connectivity index (χ1) is 17.7. The van der Waals surface area contributed by atoms with Gasteiger partial charge in [0, 0.05) is 43.0 Å². The van der Waals surface area contributed by atoms with Gasteiger partial charge in [-0.1, -0.05) is 32.9 Å². The van der Waals surface area contributed by atoms with Crippen molar-refractivity contribution in [2.24, 2.45) is 0 Å². The van der Waals surface area contributed by atoms with E-state index < -0.39 is 6.03 Å². The number of rotatable bonds is 7. The highest BCUT2D eigenvalue weighted by Gasteiger charge is 2.21. The zero-order chi connectivity index (χ0) is 26.4. The van der Waals surface area contributed by atoms with E-state index in [0.717, 1.165) is 16.9 Å². The number of anilines is 2. The average Bonchev–Trinajstić information content (AvgIpc) is 3.29. The Kier molecular flexibility index (Phi) is 7.52. The Bertz CT molecular complexity index is 1380. The number of hydrogen-bond acceptors (Lipinski definition) is 5. The molecule has 0 fully saturated rings. The van der Waals surface area contributed by atoms with Crippen LogP contribution >= 0.6 is 0 Å². The van der Waals surface area contributed by atoms with E-state index in [-0.39, 0.29) is 11.3 Å². The molecule has 3 N–H and O–H groups in total. The molecule has 9 nitrogen and oxygen atoms in total. The van der Waals surface area contributed by atoms with Crippen molar-refractivity contribution >= 4 is 23.4 Å². The Labute approximate surface area is 215 Å². The molecule has 2 heterocycles. The van der Waals surface area contributed by atoms with Crippen LogP contribution in [0, 0.1) is 0 Å². The van der Waals surface area contributed by atoms with Crippen molar-refractivity contribution in [2.75, 3.05) is 10.6 Å². The van der Waals surface area contributed by atoms with Crippen molar-refractivity contribution < 1.29 is 14.3 Å². The number of amides is 3. The third-order valence-corrected chi connectivity index (χ3v) is 5.41. The van der Waals surface area contributed by atoms with Crippen LogP contribution in [-0.4, -0.2) is 26.7 Å². The molecule has 37 heavy (non-hydrogen) atoms. The quantitative estimate of drug-likeness (QED) is 0.306. The van der Waals surface area contributed by atoms with E-state index in [4.69, 9.17) is 9.84 Å². The molecule has 0 aliphatic rings. The minimum Gasteiger partial charge on any atom is -0.457 e. The topological polar surface area (TPSA) is 110 Å². The normalized spacial score (nSPS) is 11.0. The SMILES string of the molecule is CC(=O)NCc1cccc(-n2nc(C(C)(C)C)cc2NC(=O)Nc2ccc(Oc3ccncc3)cc2)c1. The van der Waals surface area contributed by atoms with Gasteiger partial charge in [-0.2, -0.15) is 5.10 Å². The van der Waals surface area contributed by atoms with Gasteiger partial charge in [-0.3, -0.25) is 15.1 Å². The van der Waals surface area contributed by atoms with Gasteiger partial charge < -0.3 is 15.4 Å². The summed E-state index contributed by atoms with van der Waals surface area (Å²) in [7, 11) is 0. The van der Waals surface area contributed by atoms with Crippen LogP contribution in [0.15, 0.2) is 79.1 Å². The first-order valence-corrected chi connectivity index (χ1v) is 11.9. The molecule has 0 spiro atoms. The lowest BCUT2D eigenvalue weighted by Gasteiger charge is -2.14. The largest absolute Gasteiger partial charge is 0.457 e. The van der Waals surface area contributed by atoms with Crippen molar-refractivity contribution in [2.45, 2.75) is 39.7 Å². The zero-order valence-corrected chi connectivity index (χ0v) is 21.3. The van der Waals surface area contributed by atoms with Gasteiger partial charge in [-0.15, -0.1) is 0 Å². The highest BCUT2D eigenvalue weighted by molar-refractivity contribution is 5.99. The summed E-state index contributed by atoms with van der Waals surface area (Å²) in [6, 6.07) is 19.7. The predicted octanol–water partition coefficient (Wildman–Crippen LogP) is 5.64. The summed E-state index contributed by atoms with van der Waals surface area (Å²) in [5, 5.41) is 13.3. The molecule has 2 aromatic heterocycles. The van der Waals surface area contributed by atoms with Crippen molar-refractivity contribution in [1.29, 1.82) is 0 Å². The Morgan fingerprint density at radius 2 is 1.62 bits per heavy atom. The van der Waals surface area contributed by atoms with Crippen LogP contribution in [0.4, 0.5) is 16.3 Å². The number of urea groups is 1. The summed E-state index contributed by atoms with van der Waals surface area (Å²) in [4.78, 5) is 28.2. The first-order valence-electron chi connectivity index (χ1n) is 11.9. The Morgan fingerprint density at radius 3 is 2.30 bits per heavy atom. The number of nitrogens with zero attached hydrogens (tertiary/aromatic N) is 3. The molecule has 0 aliphatic heterocycles. The van der Waals surface area contributed by atoms with E-state index in [9.17, 15) is 9.59 Å². The lowest BCUT2D eigenvalue weighted by atomic mass is 9.92. The molecule has 0 saturated carbocycles. The predicted molar refractivity (Wildman–Crippen MR) is 143 cm³/mol. The highest BCUT2D eigenvalue weighted by Crippen LogP contribution is 2.27. The van der Waals surface area contributed by atoms with Gasteiger partial charge in [0.1, 0.15) is 17.3 Å². The third kappa shape index (κ3) is 6.94. The number of ether oxygens (including phenoxy) is 1. The van der Waals surface area contributed by atoms with Gasteiger partial charge in [0.05, 0.1) is 11.4 Å². The van der Waals surface area contributed by atoms with Gasteiger partial charge in [0.2, 0.25) is 5.91 Å². The molecule has 0 saturated heterocycles. The van der Waals surface area contributed by atoms with Crippen molar-refractivity contribution in [3.63, 3.8) is 0 Å². The van der Waals surface area contributed by atoms with Crippen molar-refractivity contribution in [3.8, 4) is 17.2 Å². The number of benzene rings is 2. The Balaban J connectivity index is 1.50. The molecule has 0 atom stereocenters. The van der Waals surface area contributed by atoms with E-state index in [1.807, 2.05) is 30.3 Å². The van der Waals surface area contributed by atoms with E-state index in [2.05, 4.69) is 41.7 Å². The Hall–Kier alpha value is -4.66. The van der Waals surface area contributed by atoms with E-state index >= 15 is 0 Å². The van der Waals surface area contributed by atoms with Crippen LogP contribution in [-0.2, 0) is 16.8 Å². The molecule has 4 aromatic rings. The van der Waals surface area contributed by atoms with Gasteiger partial charge >= 0.3 is 6.03 Å². The van der Waals surface area contributed by atoms with Gasteiger partial charge in [-0.25, -0.2) is 9.48 Å². The molecule has 2 aromatic carbocycles. The summed E-state index contributed by atoms with van der Waals surface area (Å²) in [6.45, 7) is 8.07. The van der Waals surface area contributed by atoms with E-state index in [0.29, 0.717) is 29.5 Å². The summed E-state index contributed by atoms with van der Waals surface area (Å²) < 4.78 is 7.47. The fraction of sp³-hybridized carbons (Fsp3) is 0.214. The lowest BCUT2D eigenvalue weighted by Crippen LogP contribution is -2.21. The standard InChI is InChI=1S/C28H30N6O3/c1-19(35)30-18-20-6-5-7-22(16-20)34-26(17-25(33-34)28(2,3)4)32-27(36)31-21-8-10-23(11-9-21)37-24-12-14-29-15-13-24/h5-17H,18H2,1-4H3,(H,30,35)(H2,31,32,36). The van der Waals surface area contributed by atoms with Crippen LogP contribution in [0.1, 0.15) is 39.0 Å². The smallest absolute Gasteiger partial charge is 0.324 e. The second-order valence-corrected chi connectivity index (χ2v) is 9.54. The van der Waals surface area contributed by atoms with Gasteiger partial charge in [-0.05, 0) is 54.1 Å². The molecular formula is C28H30N6O3. The first kappa shape index (κ1) is 25.4. The monoisotopic (exact) mass is 498 g/mol. The number of carbonyl (C=O) groups excluding carboxylic acids is 2. The second-order valence-electron chi connectivity index (χ2n) is 9.54. The van der Waals surface area contributed by atoms with Crippen molar-refractivity contribution in [1.82, 2.24) is 20.1 Å². The minimum absolute atomic E-state index is 0.101. The van der Waals surface area contributed by atoms with Crippen LogP contribution < -0.4 is 20.7 Å². The van der Waals surface area contributed by atoms with Crippen LogP contribution in [0.2, 0.25) is 0 Å². The molecule has 3 amide bonds. The third-order valence-electron chi connectivity index (χ3n) is 5.41. The molecule has 0 aliphatic carbocycles. The lowest BCUT2D eigenvalue weighted by molar-refractivity contribution is -0.119. The number of aromatic nitrogens is 3. The average molecular weight is 499 g/mol. The van der Waals surface area contributed by atoms with Crippen molar-refractivity contribution in [3.05, 3.63) is 90.4 Å². The maximum absolute atomic E-state index is 12.9. The van der Waals surface area contributed by atoms with E-state index in [1.54, 1.807) is 53.5 Å². The van der Waals surface area contributed by atoms with E-state index in [1.165, 1.54) is 6.92 Å². The molecule has 190 valence electrons. The maximum Gasteiger partial charge on any atom is 0.324 e. The summed E-state index contributed by atoms with van der Waals surface area (Å²) >= 11 is 0. The molecule has 0 radical (unpaired) electrons. The number of pyridine rings is 1. The highest BCUT2D eigenvalue weighted by atomic mass is 16.5. The van der Waals surface area contributed by atoms with Crippen LogP contribution in [0.25, 0.3) is 5.69 Å².